The molecule has 0 unspecified atom stereocenters. The number of aryl methyl sites for hydroxylation is 2. The Kier molecular flexibility index (Phi) is 5.23. The van der Waals surface area contributed by atoms with Gasteiger partial charge in [-0.15, -0.1) is 0 Å². The van der Waals surface area contributed by atoms with Crippen LogP contribution in [0.2, 0.25) is 0 Å². The molecular formula is C20H27N3O2. The summed E-state index contributed by atoms with van der Waals surface area (Å²) in [5, 5.41) is 3.03. The Hall–Kier alpha value is -2.14. The van der Waals surface area contributed by atoms with E-state index in [1.165, 1.54) is 19.3 Å². The van der Waals surface area contributed by atoms with Gasteiger partial charge in [0.15, 0.2) is 0 Å². The van der Waals surface area contributed by atoms with Crippen molar-refractivity contribution in [2.45, 2.75) is 52.4 Å². The molecule has 1 aliphatic carbocycles. The Bertz CT molecular complexity index is 745. The van der Waals surface area contributed by atoms with Gasteiger partial charge in [-0.05, 0) is 56.3 Å². The summed E-state index contributed by atoms with van der Waals surface area (Å²) in [5.41, 5.74) is 9.54. The van der Waals surface area contributed by atoms with Crippen LogP contribution in [0.15, 0.2) is 28.9 Å². The second-order valence-corrected chi connectivity index (χ2v) is 7.31. The molecule has 3 rings (SSSR count). The lowest BCUT2D eigenvalue weighted by atomic mass is 9.71. The van der Waals surface area contributed by atoms with Gasteiger partial charge in [-0.3, -0.25) is 4.79 Å². The summed E-state index contributed by atoms with van der Waals surface area (Å²) in [6, 6.07) is 5.82. The molecule has 0 aliphatic heterocycles. The summed E-state index contributed by atoms with van der Waals surface area (Å²) in [6.45, 7) is 4.48. The number of oxazole rings is 1. The van der Waals surface area contributed by atoms with E-state index < -0.39 is 0 Å². The Labute approximate surface area is 149 Å². The summed E-state index contributed by atoms with van der Waals surface area (Å²) in [6.07, 6.45) is 7.81. The Balaban J connectivity index is 1.73. The maximum absolute atomic E-state index is 12.6. The highest BCUT2D eigenvalue weighted by Gasteiger charge is 2.33. The fourth-order valence-corrected chi connectivity index (χ4v) is 3.71. The highest BCUT2D eigenvalue weighted by Crippen LogP contribution is 2.38. The number of hydrogen-bond donors (Lipinski definition) is 2. The van der Waals surface area contributed by atoms with E-state index in [2.05, 4.69) is 10.3 Å². The zero-order valence-electron chi connectivity index (χ0n) is 15.1. The number of carbonyl (C=O) groups is 1. The van der Waals surface area contributed by atoms with E-state index in [0.29, 0.717) is 18.9 Å². The van der Waals surface area contributed by atoms with Crippen LogP contribution in [-0.4, -0.2) is 17.4 Å². The lowest BCUT2D eigenvalue weighted by molar-refractivity contribution is -0.118. The zero-order chi connectivity index (χ0) is 17.9. The molecule has 5 heteroatoms. The summed E-state index contributed by atoms with van der Waals surface area (Å²) in [5.74, 6) is 0.613. The number of aromatic nitrogens is 1. The molecule has 5 nitrogen and oxygen atoms in total. The lowest BCUT2D eigenvalue weighted by Crippen LogP contribution is -2.36. The van der Waals surface area contributed by atoms with Crippen molar-refractivity contribution < 1.29 is 9.21 Å². The monoisotopic (exact) mass is 341 g/mol. The quantitative estimate of drug-likeness (QED) is 0.854. The summed E-state index contributed by atoms with van der Waals surface area (Å²) >= 11 is 0. The first kappa shape index (κ1) is 17.7. The van der Waals surface area contributed by atoms with Gasteiger partial charge in [0.1, 0.15) is 6.26 Å². The molecule has 0 radical (unpaired) electrons. The second kappa shape index (κ2) is 7.40. The number of nitrogens with one attached hydrogen (secondary N) is 1. The topological polar surface area (TPSA) is 81.2 Å². The van der Waals surface area contributed by atoms with Crippen LogP contribution in [0, 0.1) is 19.3 Å². The summed E-state index contributed by atoms with van der Waals surface area (Å²) < 4.78 is 5.51. The van der Waals surface area contributed by atoms with Crippen molar-refractivity contribution >= 4 is 11.6 Å². The molecule has 25 heavy (non-hydrogen) atoms. The number of nitrogens with zero attached hydrogens (tertiary/aromatic N) is 1. The number of hydrogen-bond acceptors (Lipinski definition) is 4. The molecule has 0 atom stereocenters. The van der Waals surface area contributed by atoms with E-state index >= 15 is 0 Å². The number of nitrogens with two attached hydrogens (primary N) is 1. The fraction of sp³-hybridized carbons (Fsp3) is 0.500. The predicted octanol–water partition coefficient (Wildman–Crippen LogP) is 4.20. The minimum atomic E-state index is -0.0322. The van der Waals surface area contributed by atoms with Crippen LogP contribution in [0.25, 0.3) is 11.5 Å². The van der Waals surface area contributed by atoms with Gasteiger partial charge in [-0.1, -0.05) is 25.3 Å². The highest BCUT2D eigenvalue weighted by atomic mass is 16.3. The molecule has 134 valence electrons. The van der Waals surface area contributed by atoms with Crippen molar-refractivity contribution in [3.8, 4) is 11.5 Å². The highest BCUT2D eigenvalue weighted by molar-refractivity contribution is 5.92. The number of benzene rings is 1. The molecule has 0 spiro atoms. The van der Waals surface area contributed by atoms with Crippen LogP contribution in [0.3, 0.4) is 0 Å². The van der Waals surface area contributed by atoms with Crippen LogP contribution in [0.1, 0.15) is 49.8 Å². The first-order chi connectivity index (χ1) is 12.0. The molecule has 1 fully saturated rings. The largest absolute Gasteiger partial charge is 0.444 e. The van der Waals surface area contributed by atoms with Crippen LogP contribution < -0.4 is 11.1 Å². The fourth-order valence-electron chi connectivity index (χ4n) is 3.71. The van der Waals surface area contributed by atoms with E-state index in [9.17, 15) is 4.79 Å². The third kappa shape index (κ3) is 4.10. The molecule has 1 heterocycles. The van der Waals surface area contributed by atoms with Gasteiger partial charge < -0.3 is 15.5 Å². The first-order valence-corrected chi connectivity index (χ1v) is 9.04. The van der Waals surface area contributed by atoms with E-state index in [0.717, 1.165) is 35.3 Å². The minimum Gasteiger partial charge on any atom is -0.444 e. The van der Waals surface area contributed by atoms with Crippen LogP contribution in [-0.2, 0) is 4.79 Å². The molecule has 1 aromatic carbocycles. The summed E-state index contributed by atoms with van der Waals surface area (Å²) in [7, 11) is 0. The Morgan fingerprint density at radius 3 is 2.68 bits per heavy atom. The number of anilines is 1. The van der Waals surface area contributed by atoms with E-state index in [4.69, 9.17) is 10.2 Å². The predicted molar refractivity (Wildman–Crippen MR) is 99.2 cm³/mol. The Morgan fingerprint density at radius 2 is 2.04 bits per heavy atom. The van der Waals surface area contributed by atoms with Gasteiger partial charge in [0, 0.05) is 17.7 Å². The second-order valence-electron chi connectivity index (χ2n) is 7.31. The average Bonchev–Trinajstić information content (AvgIpc) is 3.03. The van der Waals surface area contributed by atoms with Crippen LogP contribution in [0.4, 0.5) is 5.69 Å². The molecule has 0 saturated heterocycles. The molecule has 2 aromatic rings. The standard InChI is InChI=1S/C20H27N3O2/c1-14-6-7-16(10-17(14)19-22-15(2)12-25-19)23-18(24)11-20(13-21)8-4-3-5-9-20/h6-7,10,12H,3-5,8-9,11,13,21H2,1-2H3,(H,23,24). The van der Waals surface area contributed by atoms with Gasteiger partial charge in [0.2, 0.25) is 11.8 Å². The first-order valence-electron chi connectivity index (χ1n) is 9.04. The molecule has 3 N–H and O–H groups in total. The van der Waals surface area contributed by atoms with Crippen molar-refractivity contribution in [3.63, 3.8) is 0 Å². The molecule has 1 saturated carbocycles. The van der Waals surface area contributed by atoms with E-state index in [1.54, 1.807) is 6.26 Å². The normalized spacial score (nSPS) is 16.6. The average molecular weight is 341 g/mol. The van der Waals surface area contributed by atoms with Crippen molar-refractivity contribution in [1.82, 2.24) is 4.98 Å². The minimum absolute atomic E-state index is 0.0322. The molecule has 1 amide bonds. The van der Waals surface area contributed by atoms with Gasteiger partial charge in [-0.2, -0.15) is 0 Å². The van der Waals surface area contributed by atoms with Crippen molar-refractivity contribution in [2.75, 3.05) is 11.9 Å². The molecule has 1 aliphatic rings. The smallest absolute Gasteiger partial charge is 0.226 e. The maximum Gasteiger partial charge on any atom is 0.226 e. The lowest BCUT2D eigenvalue weighted by Gasteiger charge is -2.35. The van der Waals surface area contributed by atoms with Crippen molar-refractivity contribution in [3.05, 3.63) is 35.7 Å². The van der Waals surface area contributed by atoms with Gasteiger partial charge in [0.05, 0.1) is 5.69 Å². The van der Waals surface area contributed by atoms with Crippen LogP contribution >= 0.6 is 0 Å². The maximum atomic E-state index is 12.6. The zero-order valence-corrected chi connectivity index (χ0v) is 15.1. The number of rotatable bonds is 5. The third-order valence-electron chi connectivity index (χ3n) is 5.25. The molecule has 0 bridgehead atoms. The third-order valence-corrected chi connectivity index (χ3v) is 5.25. The number of carbonyl (C=O) groups excluding carboxylic acids is 1. The SMILES string of the molecule is Cc1coc(-c2cc(NC(=O)CC3(CN)CCCCC3)ccc2C)n1. The van der Waals surface area contributed by atoms with E-state index in [1.807, 2.05) is 32.0 Å². The molecule has 1 aromatic heterocycles. The molecular weight excluding hydrogens is 314 g/mol. The van der Waals surface area contributed by atoms with Gasteiger partial charge >= 0.3 is 0 Å². The van der Waals surface area contributed by atoms with Crippen molar-refractivity contribution in [2.24, 2.45) is 11.1 Å². The van der Waals surface area contributed by atoms with E-state index in [-0.39, 0.29) is 11.3 Å². The van der Waals surface area contributed by atoms with Gasteiger partial charge in [-0.25, -0.2) is 4.98 Å². The van der Waals surface area contributed by atoms with Crippen molar-refractivity contribution in [1.29, 1.82) is 0 Å². The summed E-state index contributed by atoms with van der Waals surface area (Å²) in [4.78, 5) is 17.0. The van der Waals surface area contributed by atoms with Gasteiger partial charge in [0.25, 0.3) is 0 Å². The Morgan fingerprint density at radius 1 is 1.28 bits per heavy atom. The number of amides is 1. The van der Waals surface area contributed by atoms with Crippen LogP contribution in [0.5, 0.6) is 0 Å².